The maximum absolute atomic E-state index is 11.4. The third-order valence-electron chi connectivity index (χ3n) is 6.17. The number of benzene rings is 1. The Morgan fingerprint density at radius 3 is 2.81 bits per heavy atom. The number of fused-ring (bicyclic) bond motifs is 3. The molecule has 2 fully saturated rings. The van der Waals surface area contributed by atoms with Crippen molar-refractivity contribution in [2.24, 2.45) is 17.6 Å². The van der Waals surface area contributed by atoms with Crippen molar-refractivity contribution in [3.63, 3.8) is 0 Å². The lowest BCUT2D eigenvalue weighted by Crippen LogP contribution is -2.36. The summed E-state index contributed by atoms with van der Waals surface area (Å²) >= 11 is 1.47. The number of rotatable bonds is 4. The zero-order valence-corrected chi connectivity index (χ0v) is 17.5. The van der Waals surface area contributed by atoms with E-state index in [2.05, 4.69) is 20.9 Å². The van der Waals surface area contributed by atoms with E-state index in [-0.39, 0.29) is 6.03 Å². The van der Waals surface area contributed by atoms with Crippen LogP contribution in [-0.4, -0.2) is 52.0 Å². The number of nitrogens with two attached hydrogens (primary N) is 1. The number of carbonyl (C=O) groups is 1. The van der Waals surface area contributed by atoms with Gasteiger partial charge >= 0.3 is 6.03 Å². The van der Waals surface area contributed by atoms with Crippen LogP contribution in [0, 0.1) is 11.8 Å². The molecule has 2 N–H and O–H groups in total. The molecule has 0 saturated carbocycles. The third kappa shape index (κ3) is 3.39. The van der Waals surface area contributed by atoms with Crippen molar-refractivity contribution in [3.8, 4) is 10.9 Å². The van der Waals surface area contributed by atoms with Crippen LogP contribution >= 0.6 is 11.3 Å². The Morgan fingerprint density at radius 2 is 2.03 bits per heavy atom. The first-order chi connectivity index (χ1) is 15.1. The quantitative estimate of drug-likeness (QED) is 0.525. The Morgan fingerprint density at radius 1 is 1.19 bits per heavy atom. The van der Waals surface area contributed by atoms with Crippen LogP contribution in [0.15, 0.2) is 47.0 Å². The van der Waals surface area contributed by atoms with Gasteiger partial charge in [0.2, 0.25) is 0 Å². The molecule has 1 aromatic carbocycles. The number of hydrogen-bond donors (Lipinski definition) is 1. The molecule has 5 heterocycles. The van der Waals surface area contributed by atoms with Crippen molar-refractivity contribution in [1.29, 1.82) is 0 Å². The molecule has 0 aliphatic carbocycles. The molecule has 0 bridgehead atoms. The van der Waals surface area contributed by atoms with Gasteiger partial charge in [-0.15, -0.1) is 0 Å². The summed E-state index contributed by atoms with van der Waals surface area (Å²) in [7, 11) is 0. The molecule has 8 nitrogen and oxygen atoms in total. The van der Waals surface area contributed by atoms with Crippen molar-refractivity contribution in [2.75, 3.05) is 26.2 Å². The molecule has 6 rings (SSSR count). The van der Waals surface area contributed by atoms with Gasteiger partial charge in [-0.1, -0.05) is 17.4 Å². The van der Waals surface area contributed by atoms with Gasteiger partial charge in [0, 0.05) is 32.4 Å². The highest BCUT2D eigenvalue weighted by Gasteiger charge is 2.41. The lowest BCUT2D eigenvalue weighted by atomic mass is 10.0. The van der Waals surface area contributed by atoms with Crippen LogP contribution < -0.4 is 10.5 Å². The van der Waals surface area contributed by atoms with Gasteiger partial charge in [0.1, 0.15) is 17.1 Å². The number of ether oxygens (including phenoxy) is 1. The maximum atomic E-state index is 11.4. The van der Waals surface area contributed by atoms with E-state index in [4.69, 9.17) is 14.9 Å². The molecule has 0 radical (unpaired) electrons. The van der Waals surface area contributed by atoms with Gasteiger partial charge in [0.05, 0.1) is 16.6 Å². The summed E-state index contributed by atoms with van der Waals surface area (Å²) in [4.78, 5) is 24.3. The smallest absolute Gasteiger partial charge is 0.314 e. The molecule has 2 aliphatic heterocycles. The van der Waals surface area contributed by atoms with Gasteiger partial charge in [-0.2, -0.15) is 4.98 Å². The summed E-state index contributed by atoms with van der Waals surface area (Å²) in [6.07, 6.45) is 1.73. The van der Waals surface area contributed by atoms with Gasteiger partial charge in [0.25, 0.3) is 5.19 Å². The molecule has 2 atom stereocenters. The van der Waals surface area contributed by atoms with E-state index in [1.54, 1.807) is 11.1 Å². The first-order valence-electron chi connectivity index (χ1n) is 10.3. The maximum Gasteiger partial charge on any atom is 0.314 e. The van der Waals surface area contributed by atoms with Crippen LogP contribution in [0.4, 0.5) is 4.79 Å². The minimum atomic E-state index is -0.310. The zero-order chi connectivity index (χ0) is 20.9. The minimum absolute atomic E-state index is 0.310. The molecule has 2 unspecified atom stereocenters. The van der Waals surface area contributed by atoms with E-state index in [1.165, 1.54) is 11.3 Å². The zero-order valence-electron chi connectivity index (χ0n) is 16.7. The van der Waals surface area contributed by atoms with E-state index < -0.39 is 0 Å². The number of amides is 2. The van der Waals surface area contributed by atoms with Crippen LogP contribution in [0.1, 0.15) is 5.76 Å². The average Bonchev–Trinajstić information content (AvgIpc) is 3.49. The highest BCUT2D eigenvalue weighted by molar-refractivity contribution is 7.20. The van der Waals surface area contributed by atoms with Crippen molar-refractivity contribution < 1.29 is 13.9 Å². The number of urea groups is 1. The molecule has 0 spiro atoms. The molecular formula is C22H21N5O3S. The van der Waals surface area contributed by atoms with Gasteiger partial charge in [-0.25, -0.2) is 9.78 Å². The van der Waals surface area contributed by atoms with Crippen LogP contribution in [0.3, 0.4) is 0 Å². The summed E-state index contributed by atoms with van der Waals surface area (Å²) in [5.74, 6) is 2.61. The Kier molecular flexibility index (Phi) is 4.32. The largest absolute Gasteiger partial charge is 0.460 e. The minimum Gasteiger partial charge on any atom is -0.460 e. The predicted octanol–water partition coefficient (Wildman–Crippen LogP) is 3.67. The van der Waals surface area contributed by atoms with Crippen LogP contribution in [-0.2, 0) is 6.54 Å². The lowest BCUT2D eigenvalue weighted by molar-refractivity contribution is 0.206. The highest BCUT2D eigenvalue weighted by Crippen LogP contribution is 2.37. The predicted molar refractivity (Wildman–Crippen MR) is 117 cm³/mol. The second-order valence-corrected chi connectivity index (χ2v) is 9.24. The molecule has 2 aliphatic rings. The molecule has 2 saturated heterocycles. The van der Waals surface area contributed by atoms with Crippen molar-refractivity contribution in [1.82, 2.24) is 19.8 Å². The van der Waals surface area contributed by atoms with Gasteiger partial charge in [-0.05, 0) is 42.2 Å². The summed E-state index contributed by atoms with van der Waals surface area (Å²) < 4.78 is 13.2. The molecular weight excluding hydrogens is 414 g/mol. The molecule has 31 heavy (non-hydrogen) atoms. The molecule has 4 aromatic rings. The van der Waals surface area contributed by atoms with Crippen molar-refractivity contribution in [3.05, 3.63) is 48.4 Å². The summed E-state index contributed by atoms with van der Waals surface area (Å²) in [5, 5.41) is 1.50. The molecule has 2 amide bonds. The standard InChI is InChI=1S/C22H21N5O3S/c23-21(28)27-10-13-8-26(9-14(13)11-27)12-15-7-16-17(29-15)3-1-4-18(16)30-22-25-20-19(31-22)5-2-6-24-20/h1-7,13-14H,8-12H2,(H2,23,28). The lowest BCUT2D eigenvalue weighted by Gasteiger charge is -2.19. The summed E-state index contributed by atoms with van der Waals surface area (Å²) in [6.45, 7) is 4.15. The molecule has 3 aromatic heterocycles. The number of pyridine rings is 1. The van der Waals surface area contributed by atoms with Crippen LogP contribution in [0.5, 0.6) is 10.9 Å². The van der Waals surface area contributed by atoms with Gasteiger partial charge in [-0.3, -0.25) is 4.90 Å². The first kappa shape index (κ1) is 18.6. The second-order valence-electron chi connectivity index (χ2n) is 8.25. The van der Waals surface area contributed by atoms with Crippen molar-refractivity contribution >= 4 is 38.7 Å². The number of carbonyl (C=O) groups excluding carboxylic acids is 1. The van der Waals surface area contributed by atoms with E-state index >= 15 is 0 Å². The number of nitrogens with zero attached hydrogens (tertiary/aromatic N) is 4. The van der Waals surface area contributed by atoms with E-state index in [1.807, 2.05) is 30.3 Å². The molecule has 9 heteroatoms. The first-order valence-corrected chi connectivity index (χ1v) is 11.1. The molecule has 158 valence electrons. The average molecular weight is 436 g/mol. The van der Waals surface area contributed by atoms with Crippen LogP contribution in [0.25, 0.3) is 21.3 Å². The van der Waals surface area contributed by atoms with Gasteiger partial charge < -0.3 is 19.8 Å². The highest BCUT2D eigenvalue weighted by atomic mass is 32.1. The SMILES string of the molecule is NC(=O)N1CC2CN(Cc3cc4c(Oc5nc6ncccc6s5)cccc4o3)CC2C1. The Labute approximate surface area is 182 Å². The number of aromatic nitrogens is 2. The number of primary amides is 1. The monoisotopic (exact) mass is 435 g/mol. The normalized spacial score (nSPS) is 21.2. The topological polar surface area (TPSA) is 97.7 Å². The van der Waals surface area contributed by atoms with E-state index in [9.17, 15) is 4.79 Å². The second kappa shape index (κ2) is 7.21. The fourth-order valence-electron chi connectivity index (χ4n) is 4.76. The number of likely N-dealkylation sites (tertiary alicyclic amines) is 2. The summed E-state index contributed by atoms with van der Waals surface area (Å²) in [6, 6.07) is 11.4. The summed E-state index contributed by atoms with van der Waals surface area (Å²) in [5.41, 5.74) is 6.92. The number of furan rings is 1. The third-order valence-corrected chi connectivity index (χ3v) is 7.06. The number of thiazole rings is 1. The Hall–Kier alpha value is -3.17. The van der Waals surface area contributed by atoms with E-state index in [0.717, 1.165) is 59.9 Å². The fourth-order valence-corrected chi connectivity index (χ4v) is 5.55. The van der Waals surface area contributed by atoms with Crippen LogP contribution in [0.2, 0.25) is 0 Å². The Balaban J connectivity index is 1.19. The fraction of sp³-hybridized carbons (Fsp3) is 0.318. The van der Waals surface area contributed by atoms with E-state index in [0.29, 0.717) is 22.7 Å². The number of hydrogen-bond acceptors (Lipinski definition) is 7. The van der Waals surface area contributed by atoms with Gasteiger partial charge in [0.15, 0.2) is 5.65 Å². The Bertz CT molecular complexity index is 1240. The van der Waals surface area contributed by atoms with Crippen molar-refractivity contribution in [2.45, 2.75) is 6.54 Å².